The van der Waals surface area contributed by atoms with Crippen molar-refractivity contribution in [2.24, 2.45) is 0 Å². The molecule has 0 fully saturated rings. The maximum atomic E-state index is 12.9. The number of thioether (sulfide) groups is 1. The summed E-state index contributed by atoms with van der Waals surface area (Å²) >= 11 is 7.45. The predicted octanol–water partition coefficient (Wildman–Crippen LogP) is 3.12. The number of halogens is 1. The molecule has 2 N–H and O–H groups in total. The molecule has 0 unspecified atom stereocenters. The fourth-order valence-electron chi connectivity index (χ4n) is 3.13. The van der Waals surface area contributed by atoms with Crippen LogP contribution in [0.4, 0.5) is 0 Å². The number of hydrogen-bond acceptors (Lipinski definition) is 6. The van der Waals surface area contributed by atoms with Crippen LogP contribution in [-0.2, 0) is 9.53 Å². The number of amides is 1. The molecule has 1 aliphatic rings. The third-order valence-electron chi connectivity index (χ3n) is 4.56. The van der Waals surface area contributed by atoms with Crippen LogP contribution >= 0.6 is 23.4 Å². The van der Waals surface area contributed by atoms with Crippen LogP contribution in [0.15, 0.2) is 59.8 Å². The van der Waals surface area contributed by atoms with Crippen LogP contribution in [0.1, 0.15) is 11.6 Å². The molecule has 0 bridgehead atoms. The first-order valence-corrected chi connectivity index (χ1v) is 10.4. The van der Waals surface area contributed by atoms with Gasteiger partial charge in [0, 0.05) is 24.2 Å². The summed E-state index contributed by atoms with van der Waals surface area (Å²) < 4.78 is 6.88. The highest BCUT2D eigenvalue weighted by atomic mass is 35.5. The summed E-state index contributed by atoms with van der Waals surface area (Å²) in [5, 5.41) is 12.4. The fourth-order valence-corrected chi connectivity index (χ4v) is 4.36. The zero-order chi connectivity index (χ0) is 20.2. The first-order valence-electron chi connectivity index (χ1n) is 9.13. The minimum absolute atomic E-state index is 0.0880. The van der Waals surface area contributed by atoms with Crippen molar-refractivity contribution in [3.63, 3.8) is 0 Å². The molecule has 7 nitrogen and oxygen atoms in total. The maximum absolute atomic E-state index is 12.9. The van der Waals surface area contributed by atoms with Crippen LogP contribution in [0, 0.1) is 0 Å². The van der Waals surface area contributed by atoms with E-state index in [1.165, 1.54) is 11.8 Å². The van der Waals surface area contributed by atoms with E-state index in [0.717, 1.165) is 11.1 Å². The fraction of sp³-hybridized carbons (Fsp3) is 0.250. The van der Waals surface area contributed by atoms with Gasteiger partial charge in [0.2, 0.25) is 11.1 Å². The number of hydrogen-bond donors (Lipinski definition) is 2. The quantitative estimate of drug-likeness (QED) is 0.586. The van der Waals surface area contributed by atoms with Gasteiger partial charge >= 0.3 is 0 Å². The van der Waals surface area contributed by atoms with E-state index in [0.29, 0.717) is 29.2 Å². The Hall–Kier alpha value is -2.55. The van der Waals surface area contributed by atoms with Gasteiger partial charge in [-0.15, -0.1) is 10.2 Å². The summed E-state index contributed by atoms with van der Waals surface area (Å²) in [7, 11) is 1.60. The maximum Gasteiger partial charge on any atom is 0.236 e. The van der Waals surface area contributed by atoms with Crippen LogP contribution in [0.3, 0.4) is 0 Å². The largest absolute Gasteiger partial charge is 0.383 e. The number of aromatic nitrogens is 3. The van der Waals surface area contributed by atoms with Gasteiger partial charge in [-0.3, -0.25) is 4.79 Å². The molecule has 150 valence electrons. The molecule has 1 amide bonds. The molecule has 2 atom stereocenters. The van der Waals surface area contributed by atoms with Gasteiger partial charge in [-0.1, -0.05) is 65.8 Å². The number of ether oxygens (including phenoxy) is 1. The van der Waals surface area contributed by atoms with Crippen molar-refractivity contribution in [3.8, 4) is 11.4 Å². The molecule has 0 aliphatic carbocycles. The van der Waals surface area contributed by atoms with E-state index in [1.54, 1.807) is 7.11 Å². The van der Waals surface area contributed by atoms with E-state index in [9.17, 15) is 4.79 Å². The number of carbonyl (C=O) groups excluding carboxylic acids is 1. The number of methoxy groups -OCH3 is 1. The smallest absolute Gasteiger partial charge is 0.236 e. The lowest BCUT2D eigenvalue weighted by molar-refractivity contribution is -0.121. The average Bonchev–Trinajstić information content (AvgIpc) is 3.17. The van der Waals surface area contributed by atoms with Crippen LogP contribution in [0.2, 0.25) is 5.02 Å². The Balaban J connectivity index is 1.68. The highest BCUT2D eigenvalue weighted by molar-refractivity contribution is 8.00. The minimum Gasteiger partial charge on any atom is -0.383 e. The van der Waals surface area contributed by atoms with E-state index >= 15 is 0 Å². The van der Waals surface area contributed by atoms with E-state index in [2.05, 4.69) is 20.9 Å². The third-order valence-corrected chi connectivity index (χ3v) is 6.03. The number of rotatable bonds is 6. The van der Waals surface area contributed by atoms with Gasteiger partial charge in [-0.2, -0.15) is 0 Å². The zero-order valence-corrected chi connectivity index (χ0v) is 17.3. The van der Waals surface area contributed by atoms with Gasteiger partial charge in [0.1, 0.15) is 5.25 Å². The second-order valence-corrected chi connectivity index (χ2v) is 8.03. The van der Waals surface area contributed by atoms with Crippen molar-refractivity contribution in [2.75, 3.05) is 25.7 Å². The molecular formula is C20H20ClN5O2S. The number of nitrogens with zero attached hydrogens (tertiary/aromatic N) is 3. The number of carbonyl (C=O) groups is 1. The predicted molar refractivity (Wildman–Crippen MR) is 114 cm³/mol. The van der Waals surface area contributed by atoms with Crippen molar-refractivity contribution in [1.82, 2.24) is 20.2 Å². The summed E-state index contributed by atoms with van der Waals surface area (Å²) in [6, 6.07) is 17.0. The Morgan fingerprint density at radius 1 is 1.21 bits per heavy atom. The molecule has 0 spiro atoms. The Labute approximate surface area is 177 Å². The number of benzene rings is 2. The molecule has 9 heteroatoms. The van der Waals surface area contributed by atoms with E-state index in [4.69, 9.17) is 16.3 Å². The van der Waals surface area contributed by atoms with Gasteiger partial charge in [-0.25, -0.2) is 4.68 Å². The lowest BCUT2D eigenvalue weighted by Gasteiger charge is -2.33. The Bertz CT molecular complexity index is 980. The summed E-state index contributed by atoms with van der Waals surface area (Å²) in [5.74, 6) is 0.611. The molecule has 2 heterocycles. The average molecular weight is 430 g/mol. The molecular weight excluding hydrogens is 410 g/mol. The Morgan fingerprint density at radius 3 is 2.69 bits per heavy atom. The standard InChI is InChI=1S/C20H20ClN5O2S/c1-28-12-11-22-19(27)17-16(13-7-9-15(21)10-8-13)25-26-18(23-24-20(26)29-17)14-5-3-2-4-6-14/h2-10,16-17,25H,11-12H2,1H3,(H,22,27)/t16-,17-/m0/s1. The van der Waals surface area contributed by atoms with Crippen molar-refractivity contribution < 1.29 is 9.53 Å². The molecule has 0 radical (unpaired) electrons. The SMILES string of the molecule is COCCNC(=O)[C@H]1Sc2nnc(-c3ccccc3)n2N[C@H]1c1ccc(Cl)cc1. The number of nitrogens with one attached hydrogen (secondary N) is 2. The van der Waals surface area contributed by atoms with Crippen molar-refractivity contribution in [2.45, 2.75) is 16.4 Å². The van der Waals surface area contributed by atoms with E-state index < -0.39 is 5.25 Å². The molecule has 4 rings (SSSR count). The van der Waals surface area contributed by atoms with Gasteiger partial charge in [0.25, 0.3) is 0 Å². The van der Waals surface area contributed by atoms with Gasteiger partial charge in [0.05, 0.1) is 12.6 Å². The van der Waals surface area contributed by atoms with E-state index in [1.807, 2.05) is 59.3 Å². The molecule has 0 saturated carbocycles. The second-order valence-electron chi connectivity index (χ2n) is 6.49. The molecule has 29 heavy (non-hydrogen) atoms. The van der Waals surface area contributed by atoms with Gasteiger partial charge < -0.3 is 15.5 Å². The number of fused-ring (bicyclic) bond motifs is 1. The highest BCUT2D eigenvalue weighted by Gasteiger charge is 2.37. The third kappa shape index (κ3) is 4.24. The zero-order valence-electron chi connectivity index (χ0n) is 15.7. The van der Waals surface area contributed by atoms with Crippen molar-refractivity contribution >= 4 is 29.3 Å². The molecule has 1 aromatic heterocycles. The monoisotopic (exact) mass is 429 g/mol. The van der Waals surface area contributed by atoms with Gasteiger partial charge in [0.15, 0.2) is 5.82 Å². The lowest BCUT2D eigenvalue weighted by atomic mass is 10.0. The minimum atomic E-state index is -0.423. The first-order chi connectivity index (χ1) is 14.2. The Kier molecular flexibility index (Phi) is 6.03. The summed E-state index contributed by atoms with van der Waals surface area (Å²) in [5.41, 5.74) is 5.33. The topological polar surface area (TPSA) is 81.1 Å². The van der Waals surface area contributed by atoms with Crippen LogP contribution in [-0.4, -0.2) is 46.3 Å². The van der Waals surface area contributed by atoms with Crippen LogP contribution < -0.4 is 10.7 Å². The second kappa shape index (κ2) is 8.86. The van der Waals surface area contributed by atoms with Crippen LogP contribution in [0.5, 0.6) is 0 Å². The lowest BCUT2D eigenvalue weighted by Crippen LogP contribution is -2.44. The Morgan fingerprint density at radius 2 is 1.97 bits per heavy atom. The molecule has 2 aromatic carbocycles. The summed E-state index contributed by atoms with van der Waals surface area (Å²) in [4.78, 5) is 12.9. The highest BCUT2D eigenvalue weighted by Crippen LogP contribution is 2.38. The summed E-state index contributed by atoms with van der Waals surface area (Å²) in [6.07, 6.45) is 0. The molecule has 1 aliphatic heterocycles. The molecule has 3 aromatic rings. The van der Waals surface area contributed by atoms with Crippen molar-refractivity contribution in [3.05, 3.63) is 65.2 Å². The first kappa shape index (κ1) is 19.8. The van der Waals surface area contributed by atoms with Gasteiger partial charge in [-0.05, 0) is 17.7 Å². The van der Waals surface area contributed by atoms with Crippen LogP contribution in [0.25, 0.3) is 11.4 Å². The van der Waals surface area contributed by atoms with E-state index in [-0.39, 0.29) is 11.9 Å². The molecule has 0 saturated heterocycles. The summed E-state index contributed by atoms with van der Waals surface area (Å²) in [6.45, 7) is 0.901. The van der Waals surface area contributed by atoms with Crippen molar-refractivity contribution in [1.29, 1.82) is 0 Å². The normalized spacial score (nSPS) is 18.0.